The third-order valence-corrected chi connectivity index (χ3v) is 4.09. The molecule has 0 atom stereocenters. The summed E-state index contributed by atoms with van der Waals surface area (Å²) in [7, 11) is 7.83. The zero-order valence-corrected chi connectivity index (χ0v) is 16.3. The van der Waals surface area contributed by atoms with Crippen molar-refractivity contribution in [3.63, 3.8) is 0 Å². The van der Waals surface area contributed by atoms with Gasteiger partial charge in [0.1, 0.15) is 0 Å². The number of hydrogen-bond acceptors (Lipinski definition) is 9. The predicted octanol–water partition coefficient (Wildman–Crippen LogP) is 1.29. The van der Waals surface area contributed by atoms with E-state index in [1.165, 1.54) is 0 Å². The number of anilines is 4. The molecule has 1 fully saturated rings. The van der Waals surface area contributed by atoms with Crippen LogP contribution in [0, 0.1) is 0 Å². The van der Waals surface area contributed by atoms with Crippen molar-refractivity contribution < 1.29 is 4.74 Å². The smallest absolute Gasteiger partial charge is 0.250 e. The summed E-state index contributed by atoms with van der Waals surface area (Å²) in [5.41, 5.74) is 5.05. The summed E-state index contributed by atoms with van der Waals surface area (Å²) in [5, 5.41) is 4.27. The van der Waals surface area contributed by atoms with E-state index >= 15 is 0 Å². The number of nitrogens with one attached hydrogen (secondary N) is 1. The SMILES string of the molecule is CN(C)c1ccc(C=NNc2nc(N(C)C)nc(N3CCOCC3)n2)cc1. The first-order valence-corrected chi connectivity index (χ1v) is 8.85. The highest BCUT2D eigenvalue weighted by Crippen LogP contribution is 2.16. The van der Waals surface area contributed by atoms with Crippen LogP contribution >= 0.6 is 0 Å². The zero-order valence-electron chi connectivity index (χ0n) is 16.3. The normalized spacial score (nSPS) is 14.4. The first-order valence-electron chi connectivity index (χ1n) is 8.85. The number of hydrazone groups is 1. The van der Waals surface area contributed by atoms with Crippen LogP contribution in [0.4, 0.5) is 23.5 Å². The maximum atomic E-state index is 5.40. The Morgan fingerprint density at radius 1 is 1.00 bits per heavy atom. The van der Waals surface area contributed by atoms with Crippen molar-refractivity contribution in [1.82, 2.24) is 15.0 Å². The number of nitrogens with zero attached hydrogens (tertiary/aromatic N) is 7. The van der Waals surface area contributed by atoms with Crippen LogP contribution in [0.5, 0.6) is 0 Å². The molecule has 144 valence electrons. The van der Waals surface area contributed by atoms with E-state index in [1.807, 2.05) is 57.4 Å². The minimum Gasteiger partial charge on any atom is -0.378 e. The molecule has 1 aliphatic heterocycles. The van der Waals surface area contributed by atoms with E-state index in [9.17, 15) is 0 Å². The quantitative estimate of drug-likeness (QED) is 0.602. The molecule has 0 bridgehead atoms. The summed E-state index contributed by atoms with van der Waals surface area (Å²) >= 11 is 0. The monoisotopic (exact) mass is 370 g/mol. The van der Waals surface area contributed by atoms with E-state index in [4.69, 9.17) is 4.74 Å². The summed E-state index contributed by atoms with van der Waals surface area (Å²) in [6.45, 7) is 2.87. The van der Waals surface area contributed by atoms with E-state index in [0.29, 0.717) is 31.1 Å². The number of ether oxygens (including phenoxy) is 1. The molecule has 2 heterocycles. The molecule has 0 radical (unpaired) electrons. The van der Waals surface area contributed by atoms with Gasteiger partial charge in [-0.25, -0.2) is 5.43 Å². The minimum absolute atomic E-state index is 0.413. The molecule has 2 aromatic rings. The van der Waals surface area contributed by atoms with E-state index < -0.39 is 0 Å². The molecule has 0 spiro atoms. The van der Waals surface area contributed by atoms with E-state index in [-0.39, 0.29) is 0 Å². The highest BCUT2D eigenvalue weighted by molar-refractivity contribution is 5.80. The fourth-order valence-electron chi connectivity index (χ4n) is 2.53. The van der Waals surface area contributed by atoms with Gasteiger partial charge in [0.15, 0.2) is 0 Å². The molecule has 9 nitrogen and oxygen atoms in total. The van der Waals surface area contributed by atoms with Gasteiger partial charge in [0, 0.05) is 47.0 Å². The molecule has 0 amide bonds. The lowest BCUT2D eigenvalue weighted by molar-refractivity contribution is 0.122. The van der Waals surface area contributed by atoms with E-state index in [0.717, 1.165) is 24.3 Å². The Labute approximate surface area is 159 Å². The van der Waals surface area contributed by atoms with Crippen molar-refractivity contribution in [2.45, 2.75) is 0 Å². The standard InChI is InChI=1S/C18H26N8O/c1-24(2)15-7-5-14(6-8-15)13-19-23-16-20-17(25(3)4)22-18(21-16)26-9-11-27-12-10-26/h5-8,13H,9-12H2,1-4H3,(H,20,21,22,23). The molecule has 0 saturated carbocycles. The Kier molecular flexibility index (Phi) is 6.02. The molecule has 3 rings (SSSR count). The molecular weight excluding hydrogens is 344 g/mol. The van der Waals surface area contributed by atoms with E-state index in [2.05, 4.69) is 35.3 Å². The van der Waals surface area contributed by atoms with Crippen LogP contribution in [0.3, 0.4) is 0 Å². The lowest BCUT2D eigenvalue weighted by Gasteiger charge is -2.27. The molecule has 1 aromatic carbocycles. The number of benzene rings is 1. The zero-order chi connectivity index (χ0) is 19.2. The second kappa shape index (κ2) is 8.63. The third kappa shape index (κ3) is 5.04. The van der Waals surface area contributed by atoms with Crippen LogP contribution in [0.25, 0.3) is 0 Å². The molecule has 0 unspecified atom stereocenters. The van der Waals surface area contributed by atoms with Crippen molar-refractivity contribution in [1.29, 1.82) is 0 Å². The van der Waals surface area contributed by atoms with Crippen molar-refractivity contribution in [2.75, 3.05) is 74.6 Å². The lowest BCUT2D eigenvalue weighted by atomic mass is 10.2. The van der Waals surface area contributed by atoms with Gasteiger partial charge < -0.3 is 19.4 Å². The van der Waals surface area contributed by atoms with Gasteiger partial charge in [-0.15, -0.1) is 0 Å². The Morgan fingerprint density at radius 2 is 1.70 bits per heavy atom. The highest BCUT2D eigenvalue weighted by atomic mass is 16.5. The van der Waals surface area contributed by atoms with Gasteiger partial charge in [0.2, 0.25) is 17.8 Å². The van der Waals surface area contributed by atoms with Gasteiger partial charge in [0.25, 0.3) is 0 Å². The summed E-state index contributed by atoms with van der Waals surface area (Å²) in [6, 6.07) is 8.12. The van der Waals surface area contributed by atoms with Gasteiger partial charge in [-0.1, -0.05) is 12.1 Å². The van der Waals surface area contributed by atoms with Crippen LogP contribution in [-0.2, 0) is 4.74 Å². The molecule has 9 heteroatoms. The summed E-state index contributed by atoms with van der Waals surface area (Å²) in [5.74, 6) is 1.63. The average molecular weight is 370 g/mol. The van der Waals surface area contributed by atoms with Crippen LogP contribution in [0.15, 0.2) is 29.4 Å². The Bertz CT molecular complexity index is 769. The number of hydrogen-bond donors (Lipinski definition) is 1. The maximum Gasteiger partial charge on any atom is 0.250 e. The largest absolute Gasteiger partial charge is 0.378 e. The van der Waals surface area contributed by atoms with Gasteiger partial charge >= 0.3 is 0 Å². The van der Waals surface area contributed by atoms with Crippen molar-refractivity contribution in [3.8, 4) is 0 Å². The van der Waals surface area contributed by atoms with Crippen molar-refractivity contribution >= 4 is 29.7 Å². The summed E-state index contributed by atoms with van der Waals surface area (Å²) in [6.07, 6.45) is 1.74. The number of morpholine rings is 1. The van der Waals surface area contributed by atoms with Gasteiger partial charge in [-0.2, -0.15) is 20.1 Å². The summed E-state index contributed by atoms with van der Waals surface area (Å²) in [4.78, 5) is 19.4. The first-order chi connectivity index (χ1) is 13.0. The fraction of sp³-hybridized carbons (Fsp3) is 0.444. The van der Waals surface area contributed by atoms with Crippen molar-refractivity contribution in [2.24, 2.45) is 5.10 Å². The van der Waals surface area contributed by atoms with E-state index in [1.54, 1.807) is 6.21 Å². The van der Waals surface area contributed by atoms with Crippen molar-refractivity contribution in [3.05, 3.63) is 29.8 Å². The Balaban J connectivity index is 1.73. The average Bonchev–Trinajstić information content (AvgIpc) is 2.69. The second-order valence-electron chi connectivity index (χ2n) is 6.61. The molecule has 27 heavy (non-hydrogen) atoms. The highest BCUT2D eigenvalue weighted by Gasteiger charge is 2.17. The molecular formula is C18H26N8O. The second-order valence-corrected chi connectivity index (χ2v) is 6.61. The van der Waals surface area contributed by atoms with Gasteiger partial charge in [-0.3, -0.25) is 0 Å². The van der Waals surface area contributed by atoms with Crippen LogP contribution in [0.2, 0.25) is 0 Å². The maximum absolute atomic E-state index is 5.40. The molecule has 1 aliphatic rings. The summed E-state index contributed by atoms with van der Waals surface area (Å²) < 4.78 is 5.40. The topological polar surface area (TPSA) is 82.0 Å². The third-order valence-electron chi connectivity index (χ3n) is 4.09. The van der Waals surface area contributed by atoms with Gasteiger partial charge in [-0.05, 0) is 17.7 Å². The number of rotatable bonds is 6. The molecule has 1 N–H and O–H groups in total. The number of aromatic nitrogens is 3. The predicted molar refractivity (Wildman–Crippen MR) is 109 cm³/mol. The van der Waals surface area contributed by atoms with Crippen LogP contribution in [0.1, 0.15) is 5.56 Å². The van der Waals surface area contributed by atoms with Crippen LogP contribution < -0.4 is 20.1 Å². The minimum atomic E-state index is 0.413. The van der Waals surface area contributed by atoms with Crippen LogP contribution in [-0.4, -0.2) is 75.7 Å². The lowest BCUT2D eigenvalue weighted by Crippen LogP contribution is -2.37. The molecule has 1 aromatic heterocycles. The fourth-order valence-corrected chi connectivity index (χ4v) is 2.53. The first kappa shape index (κ1) is 18.8. The Morgan fingerprint density at radius 3 is 2.33 bits per heavy atom. The molecule has 0 aliphatic carbocycles. The van der Waals surface area contributed by atoms with Gasteiger partial charge in [0.05, 0.1) is 19.4 Å². The Hall–Kier alpha value is -2.94. The molecule has 1 saturated heterocycles.